The molecule has 7 aromatic carbocycles. The Morgan fingerprint density at radius 2 is 1.02 bits per heavy atom. The molecule has 2 nitrogen and oxygen atoms in total. The van der Waals surface area contributed by atoms with Gasteiger partial charge in [0.15, 0.2) is 0 Å². The summed E-state index contributed by atoms with van der Waals surface area (Å²) in [6, 6.07) is 57.9. The zero-order valence-corrected chi connectivity index (χ0v) is 26.5. The second kappa shape index (κ2) is 10.7. The Labute approximate surface area is 279 Å². The first-order valence-electron chi connectivity index (χ1n) is 16.8. The van der Waals surface area contributed by atoms with Crippen molar-refractivity contribution in [3.8, 4) is 33.6 Å². The highest BCUT2D eigenvalue weighted by Crippen LogP contribution is 2.42. The zero-order chi connectivity index (χ0) is 31.6. The lowest BCUT2D eigenvalue weighted by Crippen LogP contribution is -2.00. The molecule has 0 atom stereocenters. The van der Waals surface area contributed by atoms with E-state index in [0.717, 1.165) is 18.5 Å². The maximum absolute atomic E-state index is 2.50. The maximum Gasteiger partial charge on any atom is 0.0788 e. The van der Waals surface area contributed by atoms with Crippen LogP contribution in [-0.4, -0.2) is 9.13 Å². The Morgan fingerprint density at radius 3 is 1.75 bits per heavy atom. The summed E-state index contributed by atoms with van der Waals surface area (Å²) in [6.45, 7) is 0. The molecule has 0 bridgehead atoms. The Bertz CT molecular complexity index is 2700. The van der Waals surface area contributed by atoms with Gasteiger partial charge in [-0.3, -0.25) is 0 Å². The van der Waals surface area contributed by atoms with E-state index in [4.69, 9.17) is 0 Å². The van der Waals surface area contributed by atoms with E-state index in [1.54, 1.807) is 0 Å². The van der Waals surface area contributed by atoms with Crippen molar-refractivity contribution in [1.29, 1.82) is 0 Å². The third-order valence-corrected chi connectivity index (χ3v) is 10.2. The van der Waals surface area contributed by atoms with Crippen molar-refractivity contribution < 1.29 is 0 Å². The van der Waals surface area contributed by atoms with Crippen LogP contribution < -0.4 is 0 Å². The predicted molar refractivity (Wildman–Crippen MR) is 203 cm³/mol. The zero-order valence-electron chi connectivity index (χ0n) is 26.5. The number of para-hydroxylation sites is 2. The Morgan fingerprint density at radius 1 is 0.417 bits per heavy atom. The van der Waals surface area contributed by atoms with Crippen LogP contribution in [0.2, 0.25) is 0 Å². The topological polar surface area (TPSA) is 9.86 Å². The summed E-state index contributed by atoms with van der Waals surface area (Å²) in [5.41, 5.74) is 15.0. The predicted octanol–water partition coefficient (Wildman–Crippen LogP) is 12.2. The van der Waals surface area contributed by atoms with E-state index in [-0.39, 0.29) is 0 Å². The van der Waals surface area contributed by atoms with Gasteiger partial charge in [0, 0.05) is 32.9 Å². The molecule has 9 aromatic rings. The molecular formula is C46H32N2. The molecular weight excluding hydrogens is 581 g/mol. The van der Waals surface area contributed by atoms with Crippen LogP contribution in [0.15, 0.2) is 164 Å². The monoisotopic (exact) mass is 612 g/mol. The molecule has 0 saturated carbocycles. The lowest BCUT2D eigenvalue weighted by molar-refractivity contribution is 0.986. The highest BCUT2D eigenvalue weighted by molar-refractivity contribution is 6.23. The van der Waals surface area contributed by atoms with Gasteiger partial charge in [0.2, 0.25) is 0 Å². The summed E-state index contributed by atoms with van der Waals surface area (Å²) in [7, 11) is 0. The Hall–Kier alpha value is -6.12. The lowest BCUT2D eigenvalue weighted by Gasteiger charge is -2.17. The van der Waals surface area contributed by atoms with Gasteiger partial charge in [-0.2, -0.15) is 0 Å². The van der Waals surface area contributed by atoms with E-state index in [1.807, 2.05) is 0 Å². The van der Waals surface area contributed by atoms with E-state index in [2.05, 4.69) is 179 Å². The van der Waals surface area contributed by atoms with Gasteiger partial charge >= 0.3 is 0 Å². The first kappa shape index (κ1) is 27.0. The molecule has 0 spiro atoms. The first-order chi connectivity index (χ1) is 23.8. The molecule has 0 unspecified atom stereocenters. The molecule has 0 aliphatic heterocycles. The van der Waals surface area contributed by atoms with Crippen LogP contribution in [0.25, 0.3) is 83.3 Å². The number of rotatable bonds is 4. The van der Waals surface area contributed by atoms with E-state index >= 15 is 0 Å². The van der Waals surface area contributed by atoms with Gasteiger partial charge in [-0.25, -0.2) is 0 Å². The minimum Gasteiger partial charge on any atom is -0.307 e. The molecule has 48 heavy (non-hydrogen) atoms. The van der Waals surface area contributed by atoms with Crippen LogP contribution in [0.5, 0.6) is 0 Å². The third kappa shape index (κ3) is 4.06. The molecule has 1 aliphatic carbocycles. The standard InChI is InChI=1S/C46H32N2/c1-2-12-31(13-3-1)32-24-26-35(27-25-32)47-43-22-8-6-19-39(43)41-28-29-42-40-20-7-9-23-44(40)48(46(42)45(41)47)36-17-10-16-34(30-36)38-21-11-15-33-14-4-5-18-37(33)38/h1-3,5-13,15-30H,4,14H2. The van der Waals surface area contributed by atoms with Crippen molar-refractivity contribution in [2.45, 2.75) is 12.8 Å². The van der Waals surface area contributed by atoms with Crippen molar-refractivity contribution >= 4 is 49.7 Å². The van der Waals surface area contributed by atoms with Crippen LogP contribution in [0.1, 0.15) is 17.5 Å². The average Bonchev–Trinajstić information content (AvgIpc) is 3.68. The molecule has 0 saturated heterocycles. The number of benzene rings is 7. The molecule has 0 N–H and O–H groups in total. The molecule has 226 valence electrons. The van der Waals surface area contributed by atoms with Crippen LogP contribution in [0.4, 0.5) is 0 Å². The molecule has 0 amide bonds. The van der Waals surface area contributed by atoms with Crippen molar-refractivity contribution in [3.05, 3.63) is 175 Å². The third-order valence-electron chi connectivity index (χ3n) is 10.2. The quantitative estimate of drug-likeness (QED) is 0.187. The van der Waals surface area contributed by atoms with Crippen molar-refractivity contribution in [1.82, 2.24) is 9.13 Å². The van der Waals surface area contributed by atoms with Crippen molar-refractivity contribution in [3.63, 3.8) is 0 Å². The van der Waals surface area contributed by atoms with Gasteiger partial charge in [-0.1, -0.05) is 133 Å². The van der Waals surface area contributed by atoms with E-state index < -0.39 is 0 Å². The maximum atomic E-state index is 2.50. The van der Waals surface area contributed by atoms with Crippen molar-refractivity contribution in [2.75, 3.05) is 0 Å². The second-order valence-electron chi connectivity index (χ2n) is 12.8. The van der Waals surface area contributed by atoms with Gasteiger partial charge in [0.25, 0.3) is 0 Å². The number of hydrogen-bond donors (Lipinski definition) is 0. The summed E-state index contributed by atoms with van der Waals surface area (Å²) in [5.74, 6) is 0. The van der Waals surface area contributed by atoms with Crippen molar-refractivity contribution in [2.24, 2.45) is 0 Å². The first-order valence-corrected chi connectivity index (χ1v) is 16.8. The molecule has 10 rings (SSSR count). The largest absolute Gasteiger partial charge is 0.307 e. The molecule has 1 aliphatic rings. The number of aromatic nitrogens is 2. The summed E-state index contributed by atoms with van der Waals surface area (Å²) in [5, 5.41) is 5.03. The fourth-order valence-corrected chi connectivity index (χ4v) is 8.00. The average molecular weight is 613 g/mol. The number of nitrogens with zero attached hydrogens (tertiary/aromatic N) is 2. The van der Waals surface area contributed by atoms with E-state index in [9.17, 15) is 0 Å². The molecule has 2 aromatic heterocycles. The molecule has 0 fully saturated rings. The normalized spacial score (nSPS) is 12.8. The van der Waals surface area contributed by atoms with Gasteiger partial charge in [-0.05, 0) is 82.6 Å². The van der Waals surface area contributed by atoms with Crippen LogP contribution in [-0.2, 0) is 6.42 Å². The van der Waals surface area contributed by atoms with E-state index in [0.29, 0.717) is 0 Å². The lowest BCUT2D eigenvalue weighted by atomic mass is 9.90. The van der Waals surface area contributed by atoms with E-state index in [1.165, 1.54) is 82.7 Å². The highest BCUT2D eigenvalue weighted by atomic mass is 15.0. The van der Waals surface area contributed by atoms with Gasteiger partial charge in [0.05, 0.1) is 22.1 Å². The molecule has 0 radical (unpaired) electrons. The second-order valence-corrected chi connectivity index (χ2v) is 12.8. The van der Waals surface area contributed by atoms with Crippen LogP contribution in [0, 0.1) is 0 Å². The van der Waals surface area contributed by atoms with Gasteiger partial charge < -0.3 is 9.13 Å². The Balaban J connectivity index is 1.28. The highest BCUT2D eigenvalue weighted by Gasteiger charge is 2.21. The summed E-state index contributed by atoms with van der Waals surface area (Å²) < 4.78 is 4.97. The smallest absolute Gasteiger partial charge is 0.0788 e. The minimum atomic E-state index is 1.10. The number of hydrogen-bond acceptors (Lipinski definition) is 0. The SMILES string of the molecule is C1=Cc2c(cccc2-c2cccc(-n3c4ccccc4c4ccc5c6ccccc6n(-c6ccc(-c7ccccc7)cc6)c5c43)c2)CC1. The number of aryl methyl sites for hydroxylation is 1. The molecule has 2 heteroatoms. The molecule has 2 heterocycles. The number of allylic oxidation sites excluding steroid dienone is 1. The summed E-state index contributed by atoms with van der Waals surface area (Å²) in [4.78, 5) is 0. The van der Waals surface area contributed by atoms with Gasteiger partial charge in [-0.15, -0.1) is 0 Å². The van der Waals surface area contributed by atoms with Crippen LogP contribution >= 0.6 is 0 Å². The fourth-order valence-electron chi connectivity index (χ4n) is 8.00. The van der Waals surface area contributed by atoms with Gasteiger partial charge in [0.1, 0.15) is 0 Å². The minimum absolute atomic E-state index is 1.10. The Kier molecular flexibility index (Phi) is 6.04. The number of fused-ring (bicyclic) bond motifs is 8. The summed E-state index contributed by atoms with van der Waals surface area (Å²) >= 11 is 0. The summed E-state index contributed by atoms with van der Waals surface area (Å²) in [6.07, 6.45) is 6.83. The fraction of sp³-hybridized carbons (Fsp3) is 0.0435. The van der Waals surface area contributed by atoms with Crippen LogP contribution in [0.3, 0.4) is 0 Å².